The summed E-state index contributed by atoms with van der Waals surface area (Å²) in [7, 11) is 2.03. The molecule has 1 atom stereocenters. The number of hydrogen-bond donors (Lipinski definition) is 1. The van der Waals surface area contributed by atoms with Gasteiger partial charge in [-0.05, 0) is 56.7 Å². The summed E-state index contributed by atoms with van der Waals surface area (Å²) in [6.45, 7) is 7.58. The lowest BCUT2D eigenvalue weighted by Gasteiger charge is -2.18. The van der Waals surface area contributed by atoms with Crippen LogP contribution in [0.3, 0.4) is 0 Å². The first-order valence-electron chi connectivity index (χ1n) is 7.36. The van der Waals surface area contributed by atoms with E-state index in [1.165, 1.54) is 28.2 Å². The Kier molecular flexibility index (Phi) is 5.38. The fourth-order valence-electron chi connectivity index (χ4n) is 2.60. The Hall–Kier alpha value is -1.13. The van der Waals surface area contributed by atoms with Crippen LogP contribution in [0.25, 0.3) is 0 Å². The van der Waals surface area contributed by atoms with Crippen molar-refractivity contribution >= 4 is 11.3 Å². The fraction of sp³-hybridized carbons (Fsp3) is 0.562. The molecule has 0 aliphatic carbocycles. The molecule has 3 nitrogen and oxygen atoms in total. The first kappa shape index (κ1) is 15.3. The second-order valence-electron chi connectivity index (χ2n) is 5.41. The van der Waals surface area contributed by atoms with Crippen LogP contribution in [0.5, 0.6) is 0 Å². The van der Waals surface area contributed by atoms with Crippen molar-refractivity contribution in [3.63, 3.8) is 0 Å². The lowest BCUT2D eigenvalue weighted by Crippen LogP contribution is -2.33. The van der Waals surface area contributed by atoms with Crippen LogP contribution in [0.1, 0.15) is 35.2 Å². The Labute approximate surface area is 126 Å². The van der Waals surface area contributed by atoms with Gasteiger partial charge in [0, 0.05) is 23.7 Å². The number of nitrogens with zero attached hydrogens (tertiary/aromatic N) is 2. The molecule has 2 heterocycles. The maximum absolute atomic E-state index is 4.53. The van der Waals surface area contributed by atoms with E-state index in [9.17, 15) is 0 Å². The molecule has 2 aromatic heterocycles. The molecule has 4 heteroatoms. The SMILES string of the molecule is CCCNC(Cc1cccs1)Cc1c(C)nn(C)c1C. The molecular formula is C16H25N3S. The van der Waals surface area contributed by atoms with Crippen LogP contribution in [0.4, 0.5) is 0 Å². The second-order valence-corrected chi connectivity index (χ2v) is 6.44. The molecule has 0 aliphatic heterocycles. The molecule has 0 aromatic carbocycles. The molecule has 1 unspecified atom stereocenters. The van der Waals surface area contributed by atoms with Crippen LogP contribution >= 0.6 is 11.3 Å². The van der Waals surface area contributed by atoms with Crippen molar-refractivity contribution in [3.05, 3.63) is 39.3 Å². The Morgan fingerprint density at radius 3 is 2.70 bits per heavy atom. The standard InChI is InChI=1S/C16H25N3S/c1-5-8-17-14(10-15-7-6-9-20-15)11-16-12(2)18-19(4)13(16)3/h6-7,9,14,17H,5,8,10-11H2,1-4H3. The minimum atomic E-state index is 0.496. The topological polar surface area (TPSA) is 29.9 Å². The minimum absolute atomic E-state index is 0.496. The van der Waals surface area contributed by atoms with Gasteiger partial charge in [0.25, 0.3) is 0 Å². The van der Waals surface area contributed by atoms with Gasteiger partial charge in [-0.25, -0.2) is 0 Å². The van der Waals surface area contributed by atoms with Gasteiger partial charge in [-0.1, -0.05) is 13.0 Å². The normalized spacial score (nSPS) is 12.8. The zero-order valence-electron chi connectivity index (χ0n) is 12.9. The van der Waals surface area contributed by atoms with Gasteiger partial charge in [-0.3, -0.25) is 4.68 Å². The Balaban J connectivity index is 2.10. The molecule has 0 amide bonds. The highest BCUT2D eigenvalue weighted by Gasteiger charge is 2.16. The molecular weight excluding hydrogens is 266 g/mol. The van der Waals surface area contributed by atoms with Crippen molar-refractivity contribution in [2.75, 3.05) is 6.54 Å². The van der Waals surface area contributed by atoms with Gasteiger partial charge in [0.2, 0.25) is 0 Å². The van der Waals surface area contributed by atoms with Gasteiger partial charge in [0.05, 0.1) is 5.69 Å². The van der Waals surface area contributed by atoms with Crippen LogP contribution in [0.15, 0.2) is 17.5 Å². The molecule has 20 heavy (non-hydrogen) atoms. The second kappa shape index (κ2) is 7.04. The molecule has 2 rings (SSSR count). The summed E-state index contributed by atoms with van der Waals surface area (Å²) in [4.78, 5) is 1.46. The van der Waals surface area contributed by atoms with E-state index < -0.39 is 0 Å². The summed E-state index contributed by atoms with van der Waals surface area (Å²) in [6, 6.07) is 4.86. The number of hydrogen-bond acceptors (Lipinski definition) is 3. The van der Waals surface area contributed by atoms with Crippen LogP contribution in [0, 0.1) is 13.8 Å². The number of nitrogens with one attached hydrogen (secondary N) is 1. The van der Waals surface area contributed by atoms with Gasteiger partial charge in [0.1, 0.15) is 0 Å². The van der Waals surface area contributed by atoms with E-state index in [1.807, 2.05) is 23.1 Å². The maximum Gasteiger partial charge on any atom is 0.0628 e. The summed E-state index contributed by atoms with van der Waals surface area (Å²) in [6.07, 6.45) is 3.33. The van der Waals surface area contributed by atoms with Crippen molar-refractivity contribution in [1.82, 2.24) is 15.1 Å². The molecule has 1 N–H and O–H groups in total. The predicted octanol–water partition coefficient (Wildman–Crippen LogP) is 3.25. The predicted molar refractivity (Wildman–Crippen MR) is 86.5 cm³/mol. The van der Waals surface area contributed by atoms with Gasteiger partial charge in [0.15, 0.2) is 0 Å². The van der Waals surface area contributed by atoms with Gasteiger partial charge < -0.3 is 5.32 Å². The quantitative estimate of drug-likeness (QED) is 0.848. The van der Waals surface area contributed by atoms with E-state index >= 15 is 0 Å². The molecule has 0 saturated heterocycles. The number of aromatic nitrogens is 2. The molecule has 0 saturated carbocycles. The largest absolute Gasteiger partial charge is 0.313 e. The molecule has 0 aliphatic rings. The third-order valence-corrected chi connectivity index (χ3v) is 4.72. The van der Waals surface area contributed by atoms with Crippen molar-refractivity contribution < 1.29 is 0 Å². The number of aryl methyl sites for hydroxylation is 2. The highest BCUT2D eigenvalue weighted by Crippen LogP contribution is 2.18. The number of rotatable bonds is 7. The molecule has 0 spiro atoms. The summed E-state index contributed by atoms with van der Waals surface area (Å²) >= 11 is 1.85. The minimum Gasteiger partial charge on any atom is -0.313 e. The molecule has 0 fully saturated rings. The van der Waals surface area contributed by atoms with Crippen molar-refractivity contribution in [3.8, 4) is 0 Å². The average molecular weight is 291 g/mol. The Morgan fingerprint density at radius 2 is 2.15 bits per heavy atom. The highest BCUT2D eigenvalue weighted by molar-refractivity contribution is 7.09. The maximum atomic E-state index is 4.53. The van der Waals surface area contributed by atoms with Crippen molar-refractivity contribution in [2.24, 2.45) is 7.05 Å². The van der Waals surface area contributed by atoms with Crippen molar-refractivity contribution in [1.29, 1.82) is 0 Å². The summed E-state index contributed by atoms with van der Waals surface area (Å²) in [5.41, 5.74) is 3.86. The monoisotopic (exact) mass is 291 g/mol. The molecule has 2 aromatic rings. The van der Waals surface area contributed by atoms with Crippen LogP contribution in [0.2, 0.25) is 0 Å². The number of thiophene rings is 1. The van der Waals surface area contributed by atoms with Crippen LogP contribution < -0.4 is 5.32 Å². The van der Waals surface area contributed by atoms with E-state index in [1.54, 1.807) is 0 Å². The van der Waals surface area contributed by atoms with E-state index in [2.05, 4.69) is 48.7 Å². The zero-order chi connectivity index (χ0) is 14.5. The fourth-order valence-corrected chi connectivity index (χ4v) is 3.38. The third kappa shape index (κ3) is 3.70. The Morgan fingerprint density at radius 1 is 1.35 bits per heavy atom. The third-order valence-electron chi connectivity index (χ3n) is 3.82. The highest BCUT2D eigenvalue weighted by atomic mass is 32.1. The zero-order valence-corrected chi connectivity index (χ0v) is 13.8. The first-order chi connectivity index (χ1) is 9.61. The average Bonchev–Trinajstić information content (AvgIpc) is 3.00. The Bertz CT molecular complexity index is 528. The van der Waals surface area contributed by atoms with Gasteiger partial charge >= 0.3 is 0 Å². The van der Waals surface area contributed by atoms with E-state index in [4.69, 9.17) is 0 Å². The van der Waals surface area contributed by atoms with Crippen molar-refractivity contribution in [2.45, 2.75) is 46.1 Å². The summed E-state index contributed by atoms with van der Waals surface area (Å²) in [5, 5.41) is 10.4. The van der Waals surface area contributed by atoms with Gasteiger partial charge in [-0.2, -0.15) is 5.10 Å². The first-order valence-corrected chi connectivity index (χ1v) is 8.24. The smallest absolute Gasteiger partial charge is 0.0628 e. The molecule has 110 valence electrons. The van der Waals surface area contributed by atoms with E-state index in [0.717, 1.165) is 19.4 Å². The lowest BCUT2D eigenvalue weighted by molar-refractivity contribution is 0.505. The van der Waals surface area contributed by atoms with Crippen LogP contribution in [-0.4, -0.2) is 22.4 Å². The lowest BCUT2D eigenvalue weighted by atomic mass is 10.0. The van der Waals surface area contributed by atoms with E-state index in [0.29, 0.717) is 6.04 Å². The summed E-state index contributed by atoms with van der Waals surface area (Å²) < 4.78 is 1.99. The molecule has 0 bridgehead atoms. The summed E-state index contributed by atoms with van der Waals surface area (Å²) in [5.74, 6) is 0. The van der Waals surface area contributed by atoms with E-state index in [-0.39, 0.29) is 0 Å². The van der Waals surface area contributed by atoms with Crippen LogP contribution in [-0.2, 0) is 19.9 Å². The van der Waals surface area contributed by atoms with Gasteiger partial charge in [-0.15, -0.1) is 11.3 Å². The molecule has 0 radical (unpaired) electrons.